The number of nitrogens with one attached hydrogen (secondary N) is 1. The predicted octanol–water partition coefficient (Wildman–Crippen LogP) is 3.77. The summed E-state index contributed by atoms with van der Waals surface area (Å²) in [7, 11) is 2.36. The molecule has 0 bridgehead atoms. The molecule has 0 aliphatic heterocycles. The molecule has 116 valence electrons. The summed E-state index contributed by atoms with van der Waals surface area (Å²) < 4.78 is 0. The molecule has 21 heavy (non-hydrogen) atoms. The zero-order valence-electron chi connectivity index (χ0n) is 13.8. The second kappa shape index (κ2) is 6.50. The molecular weight excluding hydrogens is 256 g/mol. The summed E-state index contributed by atoms with van der Waals surface area (Å²) in [6.45, 7) is 5.69. The van der Waals surface area contributed by atoms with Crippen molar-refractivity contribution >= 4 is 0 Å². The van der Waals surface area contributed by atoms with Gasteiger partial charge < -0.3 is 5.32 Å². The monoisotopic (exact) mass is 286 g/mol. The Morgan fingerprint density at radius 3 is 2.81 bits per heavy atom. The van der Waals surface area contributed by atoms with E-state index >= 15 is 0 Å². The second-order valence-electron chi connectivity index (χ2n) is 7.10. The summed E-state index contributed by atoms with van der Waals surface area (Å²) in [5, 5.41) is 3.74. The van der Waals surface area contributed by atoms with Crippen molar-refractivity contribution in [2.75, 3.05) is 13.6 Å². The molecule has 0 heterocycles. The van der Waals surface area contributed by atoms with Crippen molar-refractivity contribution in [2.24, 2.45) is 5.92 Å². The SMILES string of the molecule is CCNC1c2ccccc2CC1N(C)C1CCCC(C)C1. The number of benzene rings is 1. The van der Waals surface area contributed by atoms with Gasteiger partial charge in [0.05, 0.1) is 0 Å². The molecule has 0 aromatic heterocycles. The minimum Gasteiger partial charge on any atom is -0.309 e. The zero-order valence-corrected chi connectivity index (χ0v) is 13.8. The fourth-order valence-electron chi connectivity index (χ4n) is 4.46. The number of rotatable bonds is 4. The standard InChI is InChI=1S/C19H30N2/c1-4-20-19-17-11-6-5-9-15(17)13-18(19)21(3)16-10-7-8-14(2)12-16/h5-6,9,11,14,16,18-20H,4,7-8,10,12-13H2,1-3H3. The van der Waals surface area contributed by atoms with Crippen LogP contribution in [0, 0.1) is 5.92 Å². The van der Waals surface area contributed by atoms with E-state index in [4.69, 9.17) is 0 Å². The van der Waals surface area contributed by atoms with Gasteiger partial charge in [0.2, 0.25) is 0 Å². The molecule has 2 aliphatic rings. The van der Waals surface area contributed by atoms with Gasteiger partial charge in [-0.05, 0) is 49.9 Å². The smallest absolute Gasteiger partial charge is 0.0484 e. The largest absolute Gasteiger partial charge is 0.309 e. The molecule has 2 heteroatoms. The van der Waals surface area contributed by atoms with Crippen molar-refractivity contribution in [2.45, 2.75) is 64.1 Å². The molecule has 2 aliphatic carbocycles. The van der Waals surface area contributed by atoms with E-state index in [0.717, 1.165) is 18.5 Å². The number of likely N-dealkylation sites (N-methyl/N-ethyl adjacent to an activating group) is 2. The molecule has 1 fully saturated rings. The van der Waals surface area contributed by atoms with Crippen LogP contribution >= 0.6 is 0 Å². The number of nitrogens with zero attached hydrogens (tertiary/aromatic N) is 1. The lowest BCUT2D eigenvalue weighted by Gasteiger charge is -2.40. The Balaban J connectivity index is 1.78. The molecule has 2 nitrogen and oxygen atoms in total. The third kappa shape index (κ3) is 3.02. The molecule has 1 N–H and O–H groups in total. The lowest BCUT2D eigenvalue weighted by Crippen LogP contribution is -2.47. The average molecular weight is 286 g/mol. The fourth-order valence-corrected chi connectivity index (χ4v) is 4.46. The van der Waals surface area contributed by atoms with Crippen LogP contribution in [-0.2, 0) is 6.42 Å². The summed E-state index contributed by atoms with van der Waals surface area (Å²) in [6.07, 6.45) is 6.79. The lowest BCUT2D eigenvalue weighted by molar-refractivity contribution is 0.102. The maximum atomic E-state index is 3.74. The van der Waals surface area contributed by atoms with E-state index in [1.165, 1.54) is 37.7 Å². The molecule has 1 aromatic carbocycles. The highest BCUT2D eigenvalue weighted by Crippen LogP contribution is 2.37. The highest BCUT2D eigenvalue weighted by atomic mass is 15.2. The normalized spacial score (nSPS) is 32.4. The molecule has 4 unspecified atom stereocenters. The van der Waals surface area contributed by atoms with Gasteiger partial charge in [0.15, 0.2) is 0 Å². The van der Waals surface area contributed by atoms with Gasteiger partial charge in [-0.2, -0.15) is 0 Å². The van der Waals surface area contributed by atoms with Crippen LogP contribution in [0.3, 0.4) is 0 Å². The van der Waals surface area contributed by atoms with Crippen molar-refractivity contribution < 1.29 is 0 Å². The van der Waals surface area contributed by atoms with Gasteiger partial charge >= 0.3 is 0 Å². The van der Waals surface area contributed by atoms with Crippen LogP contribution < -0.4 is 5.32 Å². The Bertz CT molecular complexity index is 470. The van der Waals surface area contributed by atoms with Crippen LogP contribution in [0.1, 0.15) is 56.7 Å². The Morgan fingerprint density at radius 2 is 2.05 bits per heavy atom. The number of fused-ring (bicyclic) bond motifs is 1. The van der Waals surface area contributed by atoms with Crippen molar-refractivity contribution in [1.82, 2.24) is 10.2 Å². The van der Waals surface area contributed by atoms with Crippen LogP contribution in [0.4, 0.5) is 0 Å². The maximum absolute atomic E-state index is 3.74. The summed E-state index contributed by atoms with van der Waals surface area (Å²) in [6, 6.07) is 10.9. The molecule has 0 spiro atoms. The van der Waals surface area contributed by atoms with Gasteiger partial charge in [0.25, 0.3) is 0 Å². The first-order valence-corrected chi connectivity index (χ1v) is 8.73. The van der Waals surface area contributed by atoms with Crippen molar-refractivity contribution in [1.29, 1.82) is 0 Å². The summed E-state index contributed by atoms with van der Waals surface area (Å²) in [5.74, 6) is 0.896. The minimum absolute atomic E-state index is 0.508. The van der Waals surface area contributed by atoms with Crippen LogP contribution in [0.15, 0.2) is 24.3 Å². The first-order chi connectivity index (χ1) is 10.2. The average Bonchev–Trinajstić information content (AvgIpc) is 2.86. The minimum atomic E-state index is 0.508. The van der Waals surface area contributed by atoms with Crippen LogP contribution in [0.25, 0.3) is 0 Å². The fraction of sp³-hybridized carbons (Fsp3) is 0.684. The molecule has 4 atom stereocenters. The van der Waals surface area contributed by atoms with Gasteiger partial charge in [-0.15, -0.1) is 0 Å². The Labute approximate surface area is 129 Å². The van der Waals surface area contributed by atoms with Gasteiger partial charge in [-0.25, -0.2) is 0 Å². The summed E-state index contributed by atoms with van der Waals surface area (Å²) in [5.41, 5.74) is 3.07. The van der Waals surface area contributed by atoms with E-state index in [2.05, 4.69) is 55.4 Å². The molecular formula is C19H30N2. The molecule has 1 saturated carbocycles. The predicted molar refractivity (Wildman–Crippen MR) is 89.5 cm³/mol. The molecule has 3 rings (SSSR count). The van der Waals surface area contributed by atoms with Crippen LogP contribution in [0.2, 0.25) is 0 Å². The van der Waals surface area contributed by atoms with E-state index in [0.29, 0.717) is 12.1 Å². The van der Waals surface area contributed by atoms with E-state index in [-0.39, 0.29) is 0 Å². The summed E-state index contributed by atoms with van der Waals surface area (Å²) >= 11 is 0. The van der Waals surface area contributed by atoms with Gasteiger partial charge in [-0.3, -0.25) is 4.90 Å². The quantitative estimate of drug-likeness (QED) is 0.906. The number of hydrogen-bond acceptors (Lipinski definition) is 2. The zero-order chi connectivity index (χ0) is 14.8. The highest BCUT2D eigenvalue weighted by molar-refractivity contribution is 5.37. The Hall–Kier alpha value is -0.860. The Morgan fingerprint density at radius 1 is 1.24 bits per heavy atom. The molecule has 0 saturated heterocycles. The molecule has 1 aromatic rings. The molecule has 0 radical (unpaired) electrons. The van der Waals surface area contributed by atoms with Gasteiger partial charge in [0, 0.05) is 18.1 Å². The lowest BCUT2D eigenvalue weighted by atomic mass is 9.85. The van der Waals surface area contributed by atoms with Crippen molar-refractivity contribution in [3.05, 3.63) is 35.4 Å². The summed E-state index contributed by atoms with van der Waals surface area (Å²) in [4.78, 5) is 2.70. The Kier molecular flexibility index (Phi) is 4.66. The van der Waals surface area contributed by atoms with Crippen LogP contribution in [-0.4, -0.2) is 30.6 Å². The topological polar surface area (TPSA) is 15.3 Å². The highest BCUT2D eigenvalue weighted by Gasteiger charge is 2.37. The first kappa shape index (κ1) is 15.1. The van der Waals surface area contributed by atoms with Crippen molar-refractivity contribution in [3.8, 4) is 0 Å². The maximum Gasteiger partial charge on any atom is 0.0484 e. The van der Waals surface area contributed by atoms with Crippen molar-refractivity contribution in [3.63, 3.8) is 0 Å². The first-order valence-electron chi connectivity index (χ1n) is 8.73. The van der Waals surface area contributed by atoms with E-state index in [1.54, 1.807) is 5.56 Å². The van der Waals surface area contributed by atoms with Gasteiger partial charge in [-0.1, -0.05) is 51.0 Å². The van der Waals surface area contributed by atoms with Gasteiger partial charge in [0.1, 0.15) is 0 Å². The third-order valence-corrected chi connectivity index (χ3v) is 5.64. The molecule has 0 amide bonds. The van der Waals surface area contributed by atoms with E-state index in [1.807, 2.05) is 0 Å². The van der Waals surface area contributed by atoms with E-state index in [9.17, 15) is 0 Å². The van der Waals surface area contributed by atoms with E-state index < -0.39 is 0 Å². The van der Waals surface area contributed by atoms with Crippen LogP contribution in [0.5, 0.6) is 0 Å². The second-order valence-corrected chi connectivity index (χ2v) is 7.10. The third-order valence-electron chi connectivity index (χ3n) is 5.64. The number of hydrogen-bond donors (Lipinski definition) is 1.